The molecule has 156 valence electrons. The Hall–Kier alpha value is -3.06. The van der Waals surface area contributed by atoms with Gasteiger partial charge in [0.25, 0.3) is 0 Å². The summed E-state index contributed by atoms with van der Waals surface area (Å²) in [6.45, 7) is 3.16. The van der Waals surface area contributed by atoms with Crippen molar-refractivity contribution in [1.82, 2.24) is 14.8 Å². The second kappa shape index (κ2) is 6.74. The van der Waals surface area contributed by atoms with E-state index in [2.05, 4.69) is 29.2 Å². The Labute approximate surface area is 175 Å². The van der Waals surface area contributed by atoms with Gasteiger partial charge in [0.2, 0.25) is 0 Å². The highest BCUT2D eigenvalue weighted by Crippen LogP contribution is 2.47. The Balaban J connectivity index is 1.47. The number of phenols is 1. The van der Waals surface area contributed by atoms with Crippen LogP contribution in [-0.2, 0) is 11.8 Å². The van der Waals surface area contributed by atoms with E-state index in [1.807, 2.05) is 43.4 Å². The molecule has 1 saturated heterocycles. The lowest BCUT2D eigenvalue weighted by Crippen LogP contribution is -2.67. The number of benzene rings is 2. The van der Waals surface area contributed by atoms with Crippen LogP contribution in [0.15, 0.2) is 46.9 Å². The number of anilines is 1. The average Bonchev–Trinajstić information content (AvgIpc) is 3.13. The Morgan fingerprint density at radius 1 is 1.33 bits per heavy atom. The fourth-order valence-corrected chi connectivity index (χ4v) is 5.37. The first-order chi connectivity index (χ1) is 14.4. The maximum Gasteiger partial charge on any atom is 0.325 e. The summed E-state index contributed by atoms with van der Waals surface area (Å²) in [6.07, 6.45) is 1.74. The zero-order valence-electron chi connectivity index (χ0n) is 17.4. The van der Waals surface area contributed by atoms with Gasteiger partial charge in [-0.1, -0.05) is 25.1 Å². The quantitative estimate of drug-likeness (QED) is 0.680. The van der Waals surface area contributed by atoms with E-state index in [1.165, 1.54) is 5.56 Å². The molecule has 2 heterocycles. The molecule has 0 spiro atoms. The number of urea groups is 1. The molecule has 7 heteroatoms. The molecule has 2 N–H and O–H groups in total. The highest BCUT2D eigenvalue weighted by molar-refractivity contribution is 5.89. The van der Waals surface area contributed by atoms with E-state index in [9.17, 15) is 9.90 Å². The van der Waals surface area contributed by atoms with Gasteiger partial charge >= 0.3 is 12.0 Å². The SMILES string of the molecule is CN1CC[C@]2(C)c3cc(O)ccc3C[C@@H]1[C@@H]2N(C)C(=O)Nc1nc2ccccc2o1. The number of aromatic hydroxyl groups is 1. The van der Waals surface area contributed by atoms with Crippen molar-refractivity contribution in [3.8, 4) is 5.75 Å². The molecule has 0 unspecified atom stereocenters. The van der Waals surface area contributed by atoms with Gasteiger partial charge in [-0.3, -0.25) is 5.32 Å². The van der Waals surface area contributed by atoms with Crippen molar-refractivity contribution < 1.29 is 14.3 Å². The Kier molecular flexibility index (Phi) is 4.25. The monoisotopic (exact) mass is 406 g/mol. The minimum absolute atomic E-state index is 0.0464. The standard InChI is InChI=1S/C23H26N4O3/c1-23-10-11-26(2)18(12-14-8-9-15(28)13-16(14)23)20(23)27(3)22(29)25-21-24-17-6-4-5-7-19(17)30-21/h4-9,13,18,20,28H,10-12H2,1-3H3,(H,24,25,29)/t18-,20+,23-/m1/s1. The van der Waals surface area contributed by atoms with Gasteiger partial charge in [-0.25, -0.2) is 4.79 Å². The number of hydrogen-bond donors (Lipinski definition) is 2. The molecule has 1 aliphatic carbocycles. The molecule has 2 aliphatic rings. The van der Waals surface area contributed by atoms with Crippen LogP contribution in [0.4, 0.5) is 10.8 Å². The van der Waals surface area contributed by atoms with Crippen LogP contribution in [0.25, 0.3) is 11.1 Å². The van der Waals surface area contributed by atoms with Crippen molar-refractivity contribution in [2.75, 3.05) is 26.0 Å². The Morgan fingerprint density at radius 2 is 2.13 bits per heavy atom. The van der Waals surface area contributed by atoms with Gasteiger partial charge in [0.15, 0.2) is 5.58 Å². The molecule has 0 saturated carbocycles. The molecule has 1 fully saturated rings. The zero-order valence-corrected chi connectivity index (χ0v) is 17.4. The number of hydrogen-bond acceptors (Lipinski definition) is 5. The number of nitrogens with zero attached hydrogens (tertiary/aromatic N) is 3. The maximum absolute atomic E-state index is 13.2. The lowest BCUT2D eigenvalue weighted by atomic mass is 9.61. The summed E-state index contributed by atoms with van der Waals surface area (Å²) in [5.41, 5.74) is 3.48. The largest absolute Gasteiger partial charge is 0.508 e. The molecule has 2 bridgehead atoms. The number of aromatic nitrogens is 1. The van der Waals surface area contributed by atoms with E-state index < -0.39 is 0 Å². The third-order valence-corrected chi connectivity index (χ3v) is 6.95. The molecule has 2 amide bonds. The summed E-state index contributed by atoms with van der Waals surface area (Å²) in [5.74, 6) is 0.268. The number of likely N-dealkylation sites (N-methyl/N-ethyl adjacent to an activating group) is 2. The van der Waals surface area contributed by atoms with Gasteiger partial charge in [0, 0.05) is 18.5 Å². The number of amides is 2. The first-order valence-corrected chi connectivity index (χ1v) is 10.3. The minimum atomic E-state index is -0.253. The number of piperidine rings is 1. The van der Waals surface area contributed by atoms with Crippen molar-refractivity contribution in [3.63, 3.8) is 0 Å². The molecule has 1 aromatic heterocycles. The molecule has 7 nitrogen and oxygen atoms in total. The van der Waals surface area contributed by atoms with Crippen LogP contribution in [0.3, 0.4) is 0 Å². The molecule has 3 atom stereocenters. The minimum Gasteiger partial charge on any atom is -0.508 e. The van der Waals surface area contributed by atoms with Crippen LogP contribution in [0, 0.1) is 0 Å². The topological polar surface area (TPSA) is 81.8 Å². The second-order valence-corrected chi connectivity index (χ2v) is 8.73. The number of carbonyl (C=O) groups excluding carboxylic acids is 1. The summed E-state index contributed by atoms with van der Waals surface area (Å²) in [7, 11) is 3.95. The third-order valence-electron chi connectivity index (χ3n) is 6.95. The summed E-state index contributed by atoms with van der Waals surface area (Å²) in [5, 5.41) is 13.0. The van der Waals surface area contributed by atoms with Gasteiger partial charge in [-0.2, -0.15) is 4.98 Å². The fourth-order valence-electron chi connectivity index (χ4n) is 5.37. The van der Waals surface area contributed by atoms with Crippen LogP contribution in [0.1, 0.15) is 24.5 Å². The molecule has 2 aromatic carbocycles. The molecule has 1 aliphatic heterocycles. The molecule has 0 radical (unpaired) electrons. The molecular weight excluding hydrogens is 380 g/mol. The highest BCUT2D eigenvalue weighted by atomic mass is 16.4. The van der Waals surface area contributed by atoms with Gasteiger partial charge in [-0.15, -0.1) is 0 Å². The van der Waals surface area contributed by atoms with Crippen LogP contribution in [0.2, 0.25) is 0 Å². The van der Waals surface area contributed by atoms with E-state index in [-0.39, 0.29) is 35.3 Å². The number of fused-ring (bicyclic) bond motifs is 5. The lowest BCUT2D eigenvalue weighted by Gasteiger charge is -2.57. The van der Waals surface area contributed by atoms with E-state index in [1.54, 1.807) is 11.0 Å². The summed E-state index contributed by atoms with van der Waals surface area (Å²) >= 11 is 0. The van der Waals surface area contributed by atoms with Crippen molar-refractivity contribution in [2.45, 2.75) is 37.3 Å². The predicted octanol–water partition coefficient (Wildman–Crippen LogP) is 3.58. The average molecular weight is 406 g/mol. The van der Waals surface area contributed by atoms with Crippen molar-refractivity contribution in [2.24, 2.45) is 0 Å². The van der Waals surface area contributed by atoms with Gasteiger partial charge in [0.05, 0.1) is 6.04 Å². The van der Waals surface area contributed by atoms with Crippen LogP contribution < -0.4 is 5.32 Å². The van der Waals surface area contributed by atoms with Crippen LogP contribution in [0.5, 0.6) is 5.75 Å². The normalized spacial score (nSPS) is 25.7. The fraction of sp³-hybridized carbons (Fsp3) is 0.391. The highest BCUT2D eigenvalue weighted by Gasteiger charge is 2.52. The number of phenolic OH excluding ortho intramolecular Hbond substituents is 1. The second-order valence-electron chi connectivity index (χ2n) is 8.73. The number of nitrogens with one attached hydrogen (secondary N) is 1. The van der Waals surface area contributed by atoms with Gasteiger partial charge < -0.3 is 19.3 Å². The number of oxazole rings is 1. The van der Waals surface area contributed by atoms with E-state index in [4.69, 9.17) is 4.42 Å². The van der Waals surface area contributed by atoms with Crippen molar-refractivity contribution in [3.05, 3.63) is 53.6 Å². The number of para-hydroxylation sites is 2. The molecule has 3 aromatic rings. The molecular formula is C23H26N4O3. The zero-order chi connectivity index (χ0) is 21.0. The van der Waals surface area contributed by atoms with E-state index >= 15 is 0 Å². The summed E-state index contributed by atoms with van der Waals surface area (Å²) < 4.78 is 5.68. The Morgan fingerprint density at radius 3 is 2.93 bits per heavy atom. The van der Waals surface area contributed by atoms with Gasteiger partial charge in [0.1, 0.15) is 11.3 Å². The number of carbonyl (C=O) groups is 1. The maximum atomic E-state index is 13.2. The number of likely N-dealkylation sites (tertiary alicyclic amines) is 1. The van der Waals surface area contributed by atoms with Crippen LogP contribution in [-0.4, -0.2) is 58.6 Å². The van der Waals surface area contributed by atoms with Crippen LogP contribution >= 0.6 is 0 Å². The molecule has 30 heavy (non-hydrogen) atoms. The first kappa shape index (κ1) is 18.9. The van der Waals surface area contributed by atoms with Crippen molar-refractivity contribution >= 4 is 23.1 Å². The number of rotatable bonds is 2. The Bertz CT molecular complexity index is 1090. The third kappa shape index (κ3) is 2.84. The van der Waals surface area contributed by atoms with E-state index in [0.29, 0.717) is 11.1 Å². The lowest BCUT2D eigenvalue weighted by molar-refractivity contribution is 0.0212. The smallest absolute Gasteiger partial charge is 0.325 e. The summed E-state index contributed by atoms with van der Waals surface area (Å²) in [4.78, 5) is 21.7. The summed E-state index contributed by atoms with van der Waals surface area (Å²) in [6, 6.07) is 13.2. The predicted molar refractivity (Wildman–Crippen MR) is 115 cm³/mol. The van der Waals surface area contributed by atoms with Gasteiger partial charge in [-0.05, 0) is 61.8 Å². The first-order valence-electron chi connectivity index (χ1n) is 10.3. The van der Waals surface area contributed by atoms with Crippen molar-refractivity contribution in [1.29, 1.82) is 0 Å². The molecule has 5 rings (SSSR count). The van der Waals surface area contributed by atoms with E-state index in [0.717, 1.165) is 24.9 Å².